The number of hydrogen-bond acceptors (Lipinski definition) is 3. The molecule has 0 spiro atoms. The van der Waals surface area contributed by atoms with Crippen molar-refractivity contribution in [2.24, 2.45) is 5.73 Å². The maximum Gasteiger partial charge on any atom is 0.238 e. The lowest BCUT2D eigenvalue weighted by molar-refractivity contribution is -0.130. The van der Waals surface area contributed by atoms with Crippen molar-refractivity contribution in [1.82, 2.24) is 4.90 Å². The maximum absolute atomic E-state index is 11.4. The molecule has 0 aromatic carbocycles. The van der Waals surface area contributed by atoms with E-state index in [0.29, 0.717) is 0 Å². The summed E-state index contributed by atoms with van der Waals surface area (Å²) in [5.74, 6) is 0.00144. The molecule has 1 unspecified atom stereocenters. The Kier molecular flexibility index (Phi) is 4.10. The van der Waals surface area contributed by atoms with Crippen LogP contribution in [0.3, 0.4) is 0 Å². The Balaban J connectivity index is 2.35. The zero-order valence-electron chi connectivity index (χ0n) is 8.56. The molecule has 1 aromatic rings. The molecule has 14 heavy (non-hydrogen) atoms. The summed E-state index contributed by atoms with van der Waals surface area (Å²) in [6.45, 7) is 2.45. The molecule has 1 rings (SSSR count). The smallest absolute Gasteiger partial charge is 0.238 e. The Morgan fingerprint density at radius 3 is 2.93 bits per heavy atom. The summed E-state index contributed by atoms with van der Waals surface area (Å²) in [4.78, 5) is 14.4. The van der Waals surface area contributed by atoms with Crippen molar-refractivity contribution in [3.8, 4) is 0 Å². The third-order valence-corrected chi connectivity index (χ3v) is 2.98. The molecule has 1 amide bonds. The van der Waals surface area contributed by atoms with Crippen LogP contribution >= 0.6 is 11.3 Å². The van der Waals surface area contributed by atoms with Crippen molar-refractivity contribution in [3.05, 3.63) is 22.4 Å². The quantitative estimate of drug-likeness (QED) is 0.812. The molecule has 0 fully saturated rings. The van der Waals surface area contributed by atoms with Gasteiger partial charge >= 0.3 is 0 Å². The monoisotopic (exact) mass is 212 g/mol. The van der Waals surface area contributed by atoms with Crippen molar-refractivity contribution in [2.45, 2.75) is 19.4 Å². The van der Waals surface area contributed by atoms with Gasteiger partial charge in [-0.2, -0.15) is 0 Å². The fourth-order valence-electron chi connectivity index (χ4n) is 1.19. The highest BCUT2D eigenvalue weighted by molar-refractivity contribution is 7.09. The van der Waals surface area contributed by atoms with Crippen LogP contribution in [0.1, 0.15) is 11.8 Å². The SMILES string of the molecule is CC(N)C(=O)N(C)CCc1cccs1. The van der Waals surface area contributed by atoms with Gasteiger partial charge in [-0.3, -0.25) is 4.79 Å². The predicted molar refractivity (Wildman–Crippen MR) is 59.3 cm³/mol. The van der Waals surface area contributed by atoms with E-state index in [1.807, 2.05) is 11.4 Å². The first kappa shape index (κ1) is 11.2. The van der Waals surface area contributed by atoms with Gasteiger partial charge in [0.25, 0.3) is 0 Å². The van der Waals surface area contributed by atoms with Gasteiger partial charge in [0.1, 0.15) is 0 Å². The molecule has 0 aliphatic carbocycles. The van der Waals surface area contributed by atoms with Gasteiger partial charge in [0.05, 0.1) is 6.04 Å². The summed E-state index contributed by atoms with van der Waals surface area (Å²) in [5.41, 5.74) is 5.50. The zero-order chi connectivity index (χ0) is 10.6. The van der Waals surface area contributed by atoms with Gasteiger partial charge in [0.2, 0.25) is 5.91 Å². The van der Waals surface area contributed by atoms with E-state index < -0.39 is 6.04 Å². The van der Waals surface area contributed by atoms with E-state index in [2.05, 4.69) is 6.07 Å². The minimum Gasteiger partial charge on any atom is -0.344 e. The molecule has 0 radical (unpaired) electrons. The van der Waals surface area contributed by atoms with Crippen molar-refractivity contribution in [2.75, 3.05) is 13.6 Å². The molecule has 0 saturated carbocycles. The number of nitrogens with zero attached hydrogens (tertiary/aromatic N) is 1. The van der Waals surface area contributed by atoms with E-state index >= 15 is 0 Å². The van der Waals surface area contributed by atoms with Gasteiger partial charge in [-0.15, -0.1) is 11.3 Å². The lowest BCUT2D eigenvalue weighted by atomic mass is 10.3. The molecule has 1 aromatic heterocycles. The highest BCUT2D eigenvalue weighted by Gasteiger charge is 2.12. The largest absolute Gasteiger partial charge is 0.344 e. The molecule has 0 aliphatic heterocycles. The van der Waals surface area contributed by atoms with E-state index in [9.17, 15) is 4.79 Å². The lowest BCUT2D eigenvalue weighted by Crippen LogP contribution is -2.40. The normalized spacial score (nSPS) is 12.5. The van der Waals surface area contributed by atoms with Gasteiger partial charge in [-0.25, -0.2) is 0 Å². The summed E-state index contributed by atoms with van der Waals surface area (Å²) in [5, 5.41) is 2.04. The average molecular weight is 212 g/mol. The molecule has 2 N–H and O–H groups in total. The number of thiophene rings is 1. The molecule has 78 valence electrons. The Labute approximate surface area is 88.5 Å². The first-order valence-corrected chi connectivity index (χ1v) is 5.52. The summed E-state index contributed by atoms with van der Waals surface area (Å²) in [6.07, 6.45) is 0.909. The minimum absolute atomic E-state index is 0.00144. The molecular weight excluding hydrogens is 196 g/mol. The molecular formula is C10H16N2OS. The van der Waals surface area contributed by atoms with Gasteiger partial charge in [0.15, 0.2) is 0 Å². The second-order valence-corrected chi connectivity index (χ2v) is 4.41. The van der Waals surface area contributed by atoms with Crippen molar-refractivity contribution in [3.63, 3.8) is 0 Å². The molecule has 1 heterocycles. The lowest BCUT2D eigenvalue weighted by Gasteiger charge is -2.18. The van der Waals surface area contributed by atoms with Crippen LogP contribution in [-0.2, 0) is 11.2 Å². The van der Waals surface area contributed by atoms with Crippen LogP contribution in [0.5, 0.6) is 0 Å². The van der Waals surface area contributed by atoms with E-state index in [4.69, 9.17) is 5.73 Å². The highest BCUT2D eigenvalue weighted by Crippen LogP contribution is 2.09. The first-order chi connectivity index (χ1) is 6.61. The number of nitrogens with two attached hydrogens (primary N) is 1. The highest BCUT2D eigenvalue weighted by atomic mass is 32.1. The first-order valence-electron chi connectivity index (χ1n) is 4.64. The number of rotatable bonds is 4. The number of hydrogen-bond donors (Lipinski definition) is 1. The zero-order valence-corrected chi connectivity index (χ0v) is 9.38. The van der Waals surface area contributed by atoms with Gasteiger partial charge < -0.3 is 10.6 Å². The number of likely N-dealkylation sites (N-methyl/N-ethyl adjacent to an activating group) is 1. The molecule has 4 heteroatoms. The van der Waals surface area contributed by atoms with Crippen molar-refractivity contribution < 1.29 is 4.79 Å². The number of carbonyl (C=O) groups excluding carboxylic acids is 1. The third kappa shape index (κ3) is 3.12. The topological polar surface area (TPSA) is 46.3 Å². The summed E-state index contributed by atoms with van der Waals surface area (Å²) in [6, 6.07) is 3.70. The minimum atomic E-state index is -0.400. The van der Waals surface area contributed by atoms with Crippen LogP contribution in [-0.4, -0.2) is 30.4 Å². The van der Waals surface area contributed by atoms with Gasteiger partial charge in [0, 0.05) is 18.5 Å². The average Bonchev–Trinajstić information content (AvgIpc) is 2.65. The van der Waals surface area contributed by atoms with Crippen molar-refractivity contribution in [1.29, 1.82) is 0 Å². The fourth-order valence-corrected chi connectivity index (χ4v) is 1.89. The van der Waals surface area contributed by atoms with Crippen LogP contribution in [0.2, 0.25) is 0 Å². The van der Waals surface area contributed by atoms with Crippen LogP contribution < -0.4 is 5.73 Å². The van der Waals surface area contributed by atoms with Gasteiger partial charge in [-0.05, 0) is 24.8 Å². The van der Waals surface area contributed by atoms with E-state index in [-0.39, 0.29) is 5.91 Å². The third-order valence-electron chi connectivity index (χ3n) is 2.04. The number of amides is 1. The molecule has 0 saturated heterocycles. The summed E-state index contributed by atoms with van der Waals surface area (Å²) >= 11 is 1.72. The second kappa shape index (κ2) is 5.12. The van der Waals surface area contributed by atoms with Crippen LogP contribution in [0.25, 0.3) is 0 Å². The number of carbonyl (C=O) groups is 1. The van der Waals surface area contributed by atoms with E-state index in [1.165, 1.54) is 4.88 Å². The summed E-state index contributed by atoms with van der Waals surface area (Å²) in [7, 11) is 1.79. The van der Waals surface area contributed by atoms with E-state index in [0.717, 1.165) is 13.0 Å². The van der Waals surface area contributed by atoms with Crippen LogP contribution in [0.15, 0.2) is 17.5 Å². The Morgan fingerprint density at radius 2 is 2.43 bits per heavy atom. The Hall–Kier alpha value is -0.870. The maximum atomic E-state index is 11.4. The Bertz CT molecular complexity index is 282. The van der Waals surface area contributed by atoms with Crippen molar-refractivity contribution >= 4 is 17.2 Å². The van der Waals surface area contributed by atoms with Crippen LogP contribution in [0, 0.1) is 0 Å². The second-order valence-electron chi connectivity index (χ2n) is 3.38. The Morgan fingerprint density at radius 1 is 1.71 bits per heavy atom. The summed E-state index contributed by atoms with van der Waals surface area (Å²) < 4.78 is 0. The van der Waals surface area contributed by atoms with E-state index in [1.54, 1.807) is 30.2 Å². The molecule has 0 aliphatic rings. The van der Waals surface area contributed by atoms with Gasteiger partial charge in [-0.1, -0.05) is 6.07 Å². The molecule has 3 nitrogen and oxygen atoms in total. The molecule has 1 atom stereocenters. The predicted octanol–water partition coefficient (Wildman–Crippen LogP) is 1.10. The van der Waals surface area contributed by atoms with Crippen LogP contribution in [0.4, 0.5) is 0 Å². The standard InChI is InChI=1S/C10H16N2OS/c1-8(11)10(13)12(2)6-5-9-4-3-7-14-9/h3-4,7-8H,5-6,11H2,1-2H3. The fraction of sp³-hybridized carbons (Fsp3) is 0.500. The molecule has 0 bridgehead atoms.